The molecule has 0 amide bonds. The molecule has 0 saturated carbocycles. The van der Waals surface area contributed by atoms with Gasteiger partial charge in [-0.1, -0.05) is 30.8 Å². The van der Waals surface area contributed by atoms with Gasteiger partial charge in [0.2, 0.25) is 0 Å². The molecule has 2 rings (SSSR count). The molecule has 0 radical (unpaired) electrons. The lowest BCUT2D eigenvalue weighted by Gasteiger charge is -2.08. The van der Waals surface area contributed by atoms with Crippen LogP contribution in [-0.4, -0.2) is 16.5 Å². The van der Waals surface area contributed by atoms with Crippen LogP contribution >= 0.6 is 11.8 Å². The van der Waals surface area contributed by atoms with Crippen molar-refractivity contribution in [1.29, 1.82) is 0 Å². The van der Waals surface area contributed by atoms with E-state index in [1.54, 1.807) is 24.3 Å². The first-order chi connectivity index (χ1) is 9.29. The SMILES string of the molecule is CCCNCc1ccc(Sc2ccncn2)c(C)c1. The van der Waals surface area contributed by atoms with Crippen LogP contribution in [0.2, 0.25) is 0 Å². The normalized spacial score (nSPS) is 10.6. The summed E-state index contributed by atoms with van der Waals surface area (Å²) < 4.78 is 0. The van der Waals surface area contributed by atoms with Gasteiger partial charge in [-0.3, -0.25) is 0 Å². The molecule has 0 atom stereocenters. The van der Waals surface area contributed by atoms with Gasteiger partial charge in [0, 0.05) is 17.6 Å². The van der Waals surface area contributed by atoms with Crippen LogP contribution in [0.15, 0.2) is 46.7 Å². The molecule has 100 valence electrons. The Morgan fingerprint density at radius 3 is 2.84 bits per heavy atom. The number of hydrogen-bond acceptors (Lipinski definition) is 4. The van der Waals surface area contributed by atoms with Crippen molar-refractivity contribution in [3.05, 3.63) is 47.9 Å². The molecule has 0 aliphatic rings. The fourth-order valence-corrected chi connectivity index (χ4v) is 2.61. The van der Waals surface area contributed by atoms with E-state index < -0.39 is 0 Å². The highest BCUT2D eigenvalue weighted by molar-refractivity contribution is 7.99. The second kappa shape index (κ2) is 7.26. The molecule has 2 aromatic rings. The van der Waals surface area contributed by atoms with E-state index >= 15 is 0 Å². The summed E-state index contributed by atoms with van der Waals surface area (Å²) in [6.45, 7) is 6.33. The largest absolute Gasteiger partial charge is 0.313 e. The van der Waals surface area contributed by atoms with E-state index in [4.69, 9.17) is 0 Å². The van der Waals surface area contributed by atoms with Gasteiger partial charge in [-0.15, -0.1) is 0 Å². The molecule has 19 heavy (non-hydrogen) atoms. The fourth-order valence-electron chi connectivity index (χ4n) is 1.80. The van der Waals surface area contributed by atoms with Gasteiger partial charge in [0.15, 0.2) is 0 Å². The molecule has 0 fully saturated rings. The molecule has 0 saturated heterocycles. The van der Waals surface area contributed by atoms with Crippen LogP contribution in [0.5, 0.6) is 0 Å². The van der Waals surface area contributed by atoms with Crippen molar-refractivity contribution >= 4 is 11.8 Å². The van der Waals surface area contributed by atoms with Crippen LogP contribution in [0.3, 0.4) is 0 Å². The monoisotopic (exact) mass is 273 g/mol. The summed E-state index contributed by atoms with van der Waals surface area (Å²) in [4.78, 5) is 9.42. The van der Waals surface area contributed by atoms with Crippen molar-refractivity contribution in [3.63, 3.8) is 0 Å². The molecular weight excluding hydrogens is 254 g/mol. The van der Waals surface area contributed by atoms with Crippen LogP contribution in [0.1, 0.15) is 24.5 Å². The van der Waals surface area contributed by atoms with Gasteiger partial charge in [0.1, 0.15) is 11.4 Å². The Balaban J connectivity index is 2.03. The van der Waals surface area contributed by atoms with Crippen molar-refractivity contribution in [1.82, 2.24) is 15.3 Å². The summed E-state index contributed by atoms with van der Waals surface area (Å²) in [5.41, 5.74) is 2.62. The predicted octanol–water partition coefficient (Wildman–Crippen LogP) is 3.44. The lowest BCUT2D eigenvalue weighted by atomic mass is 10.1. The summed E-state index contributed by atoms with van der Waals surface area (Å²) in [6.07, 6.45) is 4.52. The van der Waals surface area contributed by atoms with E-state index in [9.17, 15) is 0 Å². The maximum Gasteiger partial charge on any atom is 0.116 e. The summed E-state index contributed by atoms with van der Waals surface area (Å²) in [7, 11) is 0. The van der Waals surface area contributed by atoms with Gasteiger partial charge in [-0.2, -0.15) is 0 Å². The summed E-state index contributed by atoms with van der Waals surface area (Å²) in [6, 6.07) is 8.53. The highest BCUT2D eigenvalue weighted by atomic mass is 32.2. The molecule has 3 nitrogen and oxygen atoms in total. The minimum Gasteiger partial charge on any atom is -0.313 e. The highest BCUT2D eigenvalue weighted by Crippen LogP contribution is 2.28. The van der Waals surface area contributed by atoms with Gasteiger partial charge in [-0.05, 0) is 43.1 Å². The van der Waals surface area contributed by atoms with Gasteiger partial charge in [-0.25, -0.2) is 9.97 Å². The van der Waals surface area contributed by atoms with E-state index in [-0.39, 0.29) is 0 Å². The van der Waals surface area contributed by atoms with Gasteiger partial charge < -0.3 is 5.32 Å². The standard InChI is InChI=1S/C15H19N3S/c1-3-7-16-10-13-4-5-14(12(2)9-13)19-15-6-8-17-11-18-15/h4-6,8-9,11,16H,3,7,10H2,1-2H3. The van der Waals surface area contributed by atoms with Gasteiger partial charge in [0.05, 0.1) is 0 Å². The summed E-state index contributed by atoms with van der Waals surface area (Å²) >= 11 is 1.68. The van der Waals surface area contributed by atoms with E-state index in [1.807, 2.05) is 6.07 Å². The van der Waals surface area contributed by atoms with Gasteiger partial charge >= 0.3 is 0 Å². The third-order valence-electron chi connectivity index (χ3n) is 2.76. The van der Waals surface area contributed by atoms with E-state index in [0.29, 0.717) is 0 Å². The zero-order chi connectivity index (χ0) is 13.5. The molecule has 1 heterocycles. The fraction of sp³-hybridized carbons (Fsp3) is 0.333. The average Bonchev–Trinajstić information content (AvgIpc) is 2.43. The molecule has 0 unspecified atom stereocenters. The van der Waals surface area contributed by atoms with E-state index in [1.165, 1.54) is 22.4 Å². The second-order valence-corrected chi connectivity index (χ2v) is 5.49. The highest BCUT2D eigenvalue weighted by Gasteiger charge is 2.03. The number of nitrogens with zero attached hydrogens (tertiary/aromatic N) is 2. The van der Waals surface area contributed by atoms with Crippen LogP contribution in [0, 0.1) is 6.92 Å². The third-order valence-corrected chi connectivity index (χ3v) is 3.89. The summed E-state index contributed by atoms with van der Waals surface area (Å²) in [5, 5.41) is 4.40. The Morgan fingerprint density at radius 1 is 1.26 bits per heavy atom. The first-order valence-corrected chi connectivity index (χ1v) is 7.35. The van der Waals surface area contributed by atoms with Gasteiger partial charge in [0.25, 0.3) is 0 Å². The van der Waals surface area contributed by atoms with E-state index in [0.717, 1.165) is 18.1 Å². The molecule has 4 heteroatoms. The minimum absolute atomic E-state index is 0.938. The maximum atomic E-state index is 4.24. The van der Waals surface area contributed by atoms with Crippen molar-refractivity contribution in [3.8, 4) is 0 Å². The number of benzene rings is 1. The second-order valence-electron chi connectivity index (χ2n) is 4.43. The number of aromatic nitrogens is 2. The quantitative estimate of drug-likeness (QED) is 0.646. The predicted molar refractivity (Wildman–Crippen MR) is 79.3 cm³/mol. The Bertz CT molecular complexity index is 514. The van der Waals surface area contributed by atoms with Crippen LogP contribution < -0.4 is 5.32 Å². The van der Waals surface area contributed by atoms with Crippen LogP contribution in [-0.2, 0) is 6.54 Å². The van der Waals surface area contributed by atoms with Crippen molar-refractivity contribution < 1.29 is 0 Å². The first kappa shape index (κ1) is 14.0. The number of hydrogen-bond donors (Lipinski definition) is 1. The molecule has 0 bridgehead atoms. The van der Waals surface area contributed by atoms with Crippen LogP contribution in [0.4, 0.5) is 0 Å². The lowest BCUT2D eigenvalue weighted by molar-refractivity contribution is 0.675. The Morgan fingerprint density at radius 2 is 2.16 bits per heavy atom. The van der Waals surface area contributed by atoms with Crippen LogP contribution in [0.25, 0.3) is 0 Å². The summed E-state index contributed by atoms with van der Waals surface area (Å²) in [5.74, 6) is 0. The Hall–Kier alpha value is -1.39. The molecular formula is C15H19N3S. The zero-order valence-corrected chi connectivity index (χ0v) is 12.2. The molecule has 0 spiro atoms. The molecule has 0 aliphatic carbocycles. The maximum absolute atomic E-state index is 4.24. The average molecular weight is 273 g/mol. The zero-order valence-electron chi connectivity index (χ0n) is 11.4. The third kappa shape index (κ3) is 4.33. The molecule has 0 aliphatic heterocycles. The van der Waals surface area contributed by atoms with Crippen molar-refractivity contribution in [2.75, 3.05) is 6.54 Å². The van der Waals surface area contributed by atoms with E-state index in [2.05, 4.69) is 47.3 Å². The number of rotatable bonds is 6. The Kier molecular flexibility index (Phi) is 5.36. The molecule has 1 aromatic heterocycles. The number of aryl methyl sites for hydroxylation is 1. The molecule has 1 aromatic carbocycles. The number of nitrogens with one attached hydrogen (secondary N) is 1. The van der Waals surface area contributed by atoms with Crippen molar-refractivity contribution in [2.24, 2.45) is 0 Å². The topological polar surface area (TPSA) is 37.8 Å². The minimum atomic E-state index is 0.938. The smallest absolute Gasteiger partial charge is 0.116 e. The molecule has 1 N–H and O–H groups in total. The van der Waals surface area contributed by atoms with Crippen molar-refractivity contribution in [2.45, 2.75) is 36.7 Å². The first-order valence-electron chi connectivity index (χ1n) is 6.53. The lowest BCUT2D eigenvalue weighted by Crippen LogP contribution is -2.13. The Labute approximate surface area is 118 Å².